The first-order valence-corrected chi connectivity index (χ1v) is 7.77. The fourth-order valence-corrected chi connectivity index (χ4v) is 3.06. The van der Waals surface area contributed by atoms with E-state index in [0.717, 1.165) is 22.0 Å². The second-order valence-corrected chi connectivity index (χ2v) is 6.74. The van der Waals surface area contributed by atoms with Crippen molar-refractivity contribution in [3.05, 3.63) is 48.5 Å². The Hall–Kier alpha value is -1.86. The quantitative estimate of drug-likeness (QED) is 0.808. The molecule has 0 spiro atoms. The van der Waals surface area contributed by atoms with E-state index in [1.165, 1.54) is 0 Å². The lowest BCUT2D eigenvalue weighted by atomic mass is 10.3. The number of hydrogen-bond donors (Lipinski definition) is 0. The molecule has 0 fully saturated rings. The molecule has 0 aromatic heterocycles. The number of rotatable bonds is 4. The molecule has 104 valence electrons. The van der Waals surface area contributed by atoms with E-state index in [4.69, 9.17) is 0 Å². The van der Waals surface area contributed by atoms with Gasteiger partial charge in [0.1, 0.15) is 0 Å². The molecule has 0 bridgehead atoms. The van der Waals surface area contributed by atoms with Crippen LogP contribution >= 0.6 is 7.80 Å². The van der Waals surface area contributed by atoms with Crippen molar-refractivity contribution < 1.29 is 4.57 Å². The summed E-state index contributed by atoms with van der Waals surface area (Å²) in [7, 11) is 6.46. The third-order valence-electron chi connectivity index (χ3n) is 3.20. The molecule has 20 heavy (non-hydrogen) atoms. The Bertz CT molecular complexity index is 535. The van der Waals surface area contributed by atoms with Crippen molar-refractivity contribution in [2.24, 2.45) is 0 Å². The minimum atomic E-state index is -1.52. The van der Waals surface area contributed by atoms with Crippen molar-refractivity contribution in [2.75, 3.05) is 38.0 Å². The van der Waals surface area contributed by atoms with Crippen molar-refractivity contribution in [1.29, 1.82) is 0 Å². The van der Waals surface area contributed by atoms with Crippen molar-refractivity contribution >= 4 is 29.8 Å². The van der Waals surface area contributed by atoms with Gasteiger partial charge in [0.15, 0.2) is 10.6 Å². The van der Waals surface area contributed by atoms with Gasteiger partial charge in [0.2, 0.25) is 0 Å². The molecule has 0 radical (unpaired) electrons. The van der Waals surface area contributed by atoms with Crippen LogP contribution in [0.2, 0.25) is 0 Å². The lowest BCUT2D eigenvalue weighted by Gasteiger charge is -2.11. The first-order valence-electron chi connectivity index (χ1n) is 6.51. The molecule has 0 atom stereocenters. The van der Waals surface area contributed by atoms with Crippen molar-refractivity contribution in [2.45, 2.75) is 0 Å². The highest BCUT2D eigenvalue weighted by Crippen LogP contribution is 2.22. The standard InChI is InChI=1S/C16H20N2OP/c1-17(2)13-5-9-15(10-6-13)20(19)16-11-7-14(8-12-16)18(3)4/h5-12H,1-4H3/q+1. The molecule has 0 aliphatic heterocycles. The van der Waals surface area contributed by atoms with Crippen LogP contribution in [-0.2, 0) is 4.57 Å². The van der Waals surface area contributed by atoms with E-state index in [0.29, 0.717) is 0 Å². The summed E-state index contributed by atoms with van der Waals surface area (Å²) in [5, 5.41) is 1.73. The fourth-order valence-electron chi connectivity index (χ4n) is 1.92. The van der Waals surface area contributed by atoms with Gasteiger partial charge in [-0.2, -0.15) is 0 Å². The Morgan fingerprint density at radius 3 is 1.20 bits per heavy atom. The molecule has 4 heteroatoms. The average molecular weight is 287 g/mol. The number of benzene rings is 2. The summed E-state index contributed by atoms with van der Waals surface area (Å²) < 4.78 is 12.5. The SMILES string of the molecule is CN(C)c1ccc([P+](=O)c2ccc(N(C)C)cc2)cc1. The molecule has 0 saturated heterocycles. The summed E-state index contributed by atoms with van der Waals surface area (Å²) >= 11 is 0. The topological polar surface area (TPSA) is 23.6 Å². The maximum absolute atomic E-state index is 12.5. The molecule has 0 aliphatic rings. The zero-order valence-electron chi connectivity index (χ0n) is 12.4. The Morgan fingerprint density at radius 1 is 0.650 bits per heavy atom. The highest BCUT2D eigenvalue weighted by atomic mass is 31.1. The van der Waals surface area contributed by atoms with Crippen LogP contribution in [0.3, 0.4) is 0 Å². The maximum atomic E-state index is 12.5. The summed E-state index contributed by atoms with van der Waals surface area (Å²) in [6.45, 7) is 0. The van der Waals surface area contributed by atoms with Crippen LogP contribution in [0.5, 0.6) is 0 Å². The van der Waals surface area contributed by atoms with Crippen molar-refractivity contribution in [3.8, 4) is 0 Å². The molecule has 2 rings (SSSR count). The molecule has 0 unspecified atom stereocenters. The highest BCUT2D eigenvalue weighted by molar-refractivity contribution is 7.61. The van der Waals surface area contributed by atoms with E-state index < -0.39 is 7.80 Å². The van der Waals surface area contributed by atoms with Gasteiger partial charge in [-0.3, -0.25) is 0 Å². The smallest absolute Gasteiger partial charge is 0.378 e. The average Bonchev–Trinajstić information content (AvgIpc) is 2.46. The van der Waals surface area contributed by atoms with Gasteiger partial charge in [-0.25, -0.2) is 0 Å². The third kappa shape index (κ3) is 3.17. The van der Waals surface area contributed by atoms with Crippen LogP contribution in [0.25, 0.3) is 0 Å². The molecule has 3 nitrogen and oxygen atoms in total. The van der Waals surface area contributed by atoms with Gasteiger partial charge >= 0.3 is 7.80 Å². The summed E-state index contributed by atoms with van der Waals surface area (Å²) in [6.07, 6.45) is 0. The van der Waals surface area contributed by atoms with E-state index in [9.17, 15) is 4.57 Å². The van der Waals surface area contributed by atoms with E-state index >= 15 is 0 Å². The Morgan fingerprint density at radius 2 is 0.950 bits per heavy atom. The normalized spacial score (nSPS) is 10.2. The molecule has 2 aromatic rings. The van der Waals surface area contributed by atoms with Gasteiger partial charge in [0.05, 0.1) is 0 Å². The molecular formula is C16H20N2OP+. The number of hydrogen-bond acceptors (Lipinski definition) is 3. The predicted octanol–water partition coefficient (Wildman–Crippen LogP) is 2.60. The van der Waals surface area contributed by atoms with Crippen LogP contribution in [-0.4, -0.2) is 28.2 Å². The fraction of sp³-hybridized carbons (Fsp3) is 0.250. The van der Waals surface area contributed by atoms with Gasteiger partial charge in [-0.05, 0) is 48.5 Å². The van der Waals surface area contributed by atoms with Gasteiger partial charge in [0, 0.05) is 39.6 Å². The van der Waals surface area contributed by atoms with E-state index in [1.807, 2.05) is 86.5 Å². The third-order valence-corrected chi connectivity index (χ3v) is 4.74. The van der Waals surface area contributed by atoms with Crippen molar-refractivity contribution in [3.63, 3.8) is 0 Å². The summed E-state index contributed by atoms with van der Waals surface area (Å²) in [6, 6.07) is 15.7. The molecule has 0 N–H and O–H groups in total. The van der Waals surface area contributed by atoms with Gasteiger partial charge in [0.25, 0.3) is 0 Å². The summed E-state index contributed by atoms with van der Waals surface area (Å²) in [5.74, 6) is 0. The monoisotopic (exact) mass is 287 g/mol. The molecular weight excluding hydrogens is 267 g/mol. The maximum Gasteiger partial charge on any atom is 0.415 e. The lowest BCUT2D eigenvalue weighted by molar-refractivity contribution is 0.598. The van der Waals surface area contributed by atoms with Gasteiger partial charge < -0.3 is 9.80 Å². The number of nitrogens with zero attached hydrogens (tertiary/aromatic N) is 2. The minimum Gasteiger partial charge on any atom is -0.378 e. The highest BCUT2D eigenvalue weighted by Gasteiger charge is 2.23. The molecule has 0 saturated carbocycles. The number of anilines is 2. The second kappa shape index (κ2) is 6.06. The zero-order valence-corrected chi connectivity index (χ0v) is 13.3. The first kappa shape index (κ1) is 14.5. The van der Waals surface area contributed by atoms with Crippen molar-refractivity contribution in [1.82, 2.24) is 0 Å². The van der Waals surface area contributed by atoms with E-state index in [-0.39, 0.29) is 0 Å². The molecule has 0 amide bonds. The lowest BCUT2D eigenvalue weighted by Crippen LogP contribution is -2.12. The van der Waals surface area contributed by atoms with Crippen LogP contribution < -0.4 is 20.4 Å². The summed E-state index contributed by atoms with van der Waals surface area (Å²) in [4.78, 5) is 4.06. The molecule has 0 heterocycles. The predicted molar refractivity (Wildman–Crippen MR) is 88.4 cm³/mol. The zero-order chi connectivity index (χ0) is 14.7. The van der Waals surface area contributed by atoms with Crippen LogP contribution in [0, 0.1) is 0 Å². The van der Waals surface area contributed by atoms with Gasteiger partial charge in [-0.1, -0.05) is 4.57 Å². The van der Waals surface area contributed by atoms with Crippen LogP contribution in [0.1, 0.15) is 0 Å². The largest absolute Gasteiger partial charge is 0.415 e. The van der Waals surface area contributed by atoms with Crippen LogP contribution in [0.15, 0.2) is 48.5 Å². The Balaban J connectivity index is 2.22. The molecule has 0 aliphatic carbocycles. The summed E-state index contributed by atoms with van der Waals surface area (Å²) in [5.41, 5.74) is 2.22. The molecule has 2 aromatic carbocycles. The second-order valence-electron chi connectivity index (χ2n) is 5.12. The Labute approximate surface area is 121 Å². The van der Waals surface area contributed by atoms with E-state index in [1.54, 1.807) is 0 Å². The minimum absolute atomic E-state index is 0.864. The first-order chi connectivity index (χ1) is 9.49. The van der Waals surface area contributed by atoms with E-state index in [2.05, 4.69) is 0 Å². The van der Waals surface area contributed by atoms with Gasteiger partial charge in [-0.15, -0.1) is 0 Å². The Kier molecular flexibility index (Phi) is 4.41. The van der Waals surface area contributed by atoms with Crippen LogP contribution in [0.4, 0.5) is 11.4 Å².